The lowest BCUT2D eigenvalue weighted by atomic mass is 10.0. The molecule has 0 saturated carbocycles. The van der Waals surface area contributed by atoms with E-state index in [-0.39, 0.29) is 11.9 Å². The van der Waals surface area contributed by atoms with Crippen LogP contribution in [0.5, 0.6) is 0 Å². The second kappa shape index (κ2) is 7.26. The Hall–Kier alpha value is -2.01. The third-order valence-corrected chi connectivity index (χ3v) is 4.73. The van der Waals surface area contributed by atoms with Crippen LogP contribution in [0.25, 0.3) is 0 Å². The molecule has 0 bridgehead atoms. The van der Waals surface area contributed by atoms with Gasteiger partial charge in [-0.25, -0.2) is 0 Å². The first-order valence-electron chi connectivity index (χ1n) is 8.31. The highest BCUT2D eigenvalue weighted by Gasteiger charge is 2.25. The molecule has 2 heterocycles. The highest BCUT2D eigenvalue weighted by atomic mass is 35.5. The molecule has 1 N–H and O–H groups in total. The quantitative estimate of drug-likeness (QED) is 0.897. The van der Waals surface area contributed by atoms with Gasteiger partial charge in [-0.15, -0.1) is 0 Å². The summed E-state index contributed by atoms with van der Waals surface area (Å²) >= 11 is 6.36. The van der Waals surface area contributed by atoms with Crippen molar-refractivity contribution in [3.63, 3.8) is 0 Å². The number of carbonyl (C=O) groups is 1. The van der Waals surface area contributed by atoms with Gasteiger partial charge in [-0.3, -0.25) is 4.79 Å². The van der Waals surface area contributed by atoms with Crippen LogP contribution in [0, 0.1) is 6.92 Å². The molecule has 24 heavy (non-hydrogen) atoms. The average molecular weight is 348 g/mol. The van der Waals surface area contributed by atoms with Gasteiger partial charge in [0.1, 0.15) is 11.5 Å². The molecule has 1 aliphatic rings. The molecule has 1 fully saturated rings. The predicted molar refractivity (Wildman–Crippen MR) is 94.4 cm³/mol. The zero-order valence-electron chi connectivity index (χ0n) is 14.0. The SMILES string of the molecule is Cc1cc(CNc2ccc(C(=O)N3CCCC[C@H]3C)c(Cl)c2)no1. The number of halogens is 1. The molecule has 0 unspecified atom stereocenters. The Morgan fingerprint density at radius 3 is 2.92 bits per heavy atom. The van der Waals surface area contributed by atoms with Crippen LogP contribution in [0.2, 0.25) is 5.02 Å². The fourth-order valence-electron chi connectivity index (χ4n) is 3.05. The predicted octanol–water partition coefficient (Wildman–Crippen LogP) is 4.26. The van der Waals surface area contributed by atoms with E-state index in [1.54, 1.807) is 12.1 Å². The molecule has 2 aromatic rings. The summed E-state index contributed by atoms with van der Waals surface area (Å²) in [7, 11) is 0. The van der Waals surface area contributed by atoms with Gasteiger partial charge < -0.3 is 14.7 Å². The molecular weight excluding hydrogens is 326 g/mol. The van der Waals surface area contributed by atoms with E-state index in [0.717, 1.165) is 36.5 Å². The number of likely N-dealkylation sites (tertiary alicyclic amines) is 1. The lowest BCUT2D eigenvalue weighted by Crippen LogP contribution is -2.42. The average Bonchev–Trinajstić information content (AvgIpc) is 2.98. The number of nitrogens with one attached hydrogen (secondary N) is 1. The van der Waals surface area contributed by atoms with Crippen molar-refractivity contribution in [2.24, 2.45) is 0 Å². The van der Waals surface area contributed by atoms with E-state index in [4.69, 9.17) is 16.1 Å². The summed E-state index contributed by atoms with van der Waals surface area (Å²) in [6.45, 7) is 5.31. The highest BCUT2D eigenvalue weighted by molar-refractivity contribution is 6.34. The first kappa shape index (κ1) is 16.8. The number of amides is 1. The number of rotatable bonds is 4. The normalized spacial score (nSPS) is 17.8. The molecule has 128 valence electrons. The third-order valence-electron chi connectivity index (χ3n) is 4.41. The zero-order valence-corrected chi connectivity index (χ0v) is 14.8. The number of piperidine rings is 1. The highest BCUT2D eigenvalue weighted by Crippen LogP contribution is 2.26. The van der Waals surface area contributed by atoms with E-state index in [2.05, 4.69) is 17.4 Å². The number of hydrogen-bond donors (Lipinski definition) is 1. The van der Waals surface area contributed by atoms with Crippen LogP contribution in [0.4, 0.5) is 5.69 Å². The Balaban J connectivity index is 1.68. The van der Waals surface area contributed by atoms with E-state index in [9.17, 15) is 4.79 Å². The van der Waals surface area contributed by atoms with Crippen molar-refractivity contribution >= 4 is 23.2 Å². The molecule has 1 aromatic heterocycles. The largest absolute Gasteiger partial charge is 0.379 e. The summed E-state index contributed by atoms with van der Waals surface area (Å²) in [4.78, 5) is 14.6. The summed E-state index contributed by atoms with van der Waals surface area (Å²) in [6, 6.07) is 7.61. The molecule has 0 spiro atoms. The fourth-order valence-corrected chi connectivity index (χ4v) is 3.31. The van der Waals surface area contributed by atoms with Crippen molar-refractivity contribution in [2.45, 2.75) is 45.7 Å². The number of anilines is 1. The number of carbonyl (C=O) groups excluding carboxylic acids is 1. The minimum atomic E-state index is 0.0193. The number of aryl methyl sites for hydroxylation is 1. The lowest BCUT2D eigenvalue weighted by molar-refractivity contribution is 0.0636. The molecule has 3 rings (SSSR count). The Bertz CT molecular complexity index is 729. The van der Waals surface area contributed by atoms with E-state index in [1.807, 2.05) is 24.0 Å². The van der Waals surface area contributed by atoms with Gasteiger partial charge in [0, 0.05) is 24.3 Å². The molecule has 1 aliphatic heterocycles. The van der Waals surface area contributed by atoms with E-state index in [1.165, 1.54) is 6.42 Å². The second-order valence-corrected chi connectivity index (χ2v) is 6.73. The van der Waals surface area contributed by atoms with Crippen molar-refractivity contribution in [1.29, 1.82) is 0 Å². The van der Waals surface area contributed by atoms with Crippen LogP contribution in [0.1, 0.15) is 48.0 Å². The Labute approximate surface area is 147 Å². The van der Waals surface area contributed by atoms with Gasteiger partial charge in [0.25, 0.3) is 5.91 Å². The molecule has 0 aliphatic carbocycles. The van der Waals surface area contributed by atoms with Crippen LogP contribution >= 0.6 is 11.6 Å². The number of hydrogen-bond acceptors (Lipinski definition) is 4. The molecule has 1 aromatic carbocycles. The van der Waals surface area contributed by atoms with Crippen molar-refractivity contribution in [2.75, 3.05) is 11.9 Å². The summed E-state index contributed by atoms with van der Waals surface area (Å²) in [6.07, 6.45) is 3.30. The van der Waals surface area contributed by atoms with Crippen LogP contribution in [-0.4, -0.2) is 28.6 Å². The van der Waals surface area contributed by atoms with Crippen molar-refractivity contribution in [3.8, 4) is 0 Å². The Kier molecular flexibility index (Phi) is 5.09. The standard InChI is InChI=1S/C18H22ClN3O2/c1-12-5-3-4-8-22(12)18(23)16-7-6-14(10-17(16)19)20-11-15-9-13(2)24-21-15/h6-7,9-10,12,20H,3-5,8,11H2,1-2H3/t12-/m1/s1. The molecule has 5 nitrogen and oxygen atoms in total. The zero-order chi connectivity index (χ0) is 17.1. The molecule has 1 amide bonds. The van der Waals surface area contributed by atoms with Gasteiger partial charge in [0.05, 0.1) is 17.1 Å². The maximum Gasteiger partial charge on any atom is 0.255 e. The van der Waals surface area contributed by atoms with Gasteiger partial charge >= 0.3 is 0 Å². The summed E-state index contributed by atoms with van der Waals surface area (Å²) < 4.78 is 5.04. The number of nitrogens with zero attached hydrogens (tertiary/aromatic N) is 2. The van der Waals surface area contributed by atoms with Crippen molar-refractivity contribution in [3.05, 3.63) is 46.3 Å². The minimum Gasteiger partial charge on any atom is -0.379 e. The minimum absolute atomic E-state index is 0.0193. The van der Waals surface area contributed by atoms with Gasteiger partial charge in [-0.1, -0.05) is 16.8 Å². The first-order chi connectivity index (χ1) is 11.5. The van der Waals surface area contributed by atoms with Gasteiger partial charge in [0.2, 0.25) is 0 Å². The second-order valence-electron chi connectivity index (χ2n) is 6.32. The van der Waals surface area contributed by atoms with Crippen molar-refractivity contribution < 1.29 is 9.32 Å². The molecular formula is C18H22ClN3O2. The van der Waals surface area contributed by atoms with Gasteiger partial charge in [-0.05, 0) is 51.3 Å². The van der Waals surface area contributed by atoms with Crippen LogP contribution in [0.3, 0.4) is 0 Å². The van der Waals surface area contributed by atoms with Gasteiger partial charge in [0.15, 0.2) is 0 Å². The van der Waals surface area contributed by atoms with Crippen LogP contribution in [-0.2, 0) is 6.54 Å². The fraction of sp³-hybridized carbons (Fsp3) is 0.444. The number of benzene rings is 1. The topological polar surface area (TPSA) is 58.4 Å². The third kappa shape index (κ3) is 3.73. The molecule has 1 saturated heterocycles. The smallest absolute Gasteiger partial charge is 0.255 e. The molecule has 6 heteroatoms. The van der Waals surface area contributed by atoms with E-state index >= 15 is 0 Å². The Morgan fingerprint density at radius 2 is 2.25 bits per heavy atom. The lowest BCUT2D eigenvalue weighted by Gasteiger charge is -2.33. The summed E-state index contributed by atoms with van der Waals surface area (Å²) in [5.74, 6) is 0.798. The first-order valence-corrected chi connectivity index (χ1v) is 8.69. The maximum atomic E-state index is 12.7. The summed E-state index contributed by atoms with van der Waals surface area (Å²) in [5, 5.41) is 7.65. The maximum absolute atomic E-state index is 12.7. The van der Waals surface area contributed by atoms with Gasteiger partial charge in [-0.2, -0.15) is 0 Å². The number of aromatic nitrogens is 1. The van der Waals surface area contributed by atoms with E-state index in [0.29, 0.717) is 17.1 Å². The van der Waals surface area contributed by atoms with Crippen molar-refractivity contribution in [1.82, 2.24) is 10.1 Å². The van der Waals surface area contributed by atoms with Crippen LogP contribution < -0.4 is 5.32 Å². The van der Waals surface area contributed by atoms with Crippen LogP contribution in [0.15, 0.2) is 28.8 Å². The molecule has 1 atom stereocenters. The molecule has 0 radical (unpaired) electrons. The van der Waals surface area contributed by atoms with E-state index < -0.39 is 0 Å². The Morgan fingerprint density at radius 1 is 1.42 bits per heavy atom. The summed E-state index contributed by atoms with van der Waals surface area (Å²) in [5.41, 5.74) is 2.24. The monoisotopic (exact) mass is 347 g/mol.